The second-order valence-corrected chi connectivity index (χ2v) is 4.55. The lowest BCUT2D eigenvalue weighted by Gasteiger charge is -2.11. The molecule has 0 aromatic heterocycles. The Labute approximate surface area is 111 Å². The van der Waals surface area contributed by atoms with Gasteiger partial charge >= 0.3 is 5.97 Å². The number of ketones is 2. The zero-order chi connectivity index (χ0) is 13.8. The van der Waals surface area contributed by atoms with E-state index < -0.39 is 17.7 Å². The third-order valence-corrected chi connectivity index (χ3v) is 3.33. The van der Waals surface area contributed by atoms with Gasteiger partial charge in [0.25, 0.3) is 5.78 Å². The minimum absolute atomic E-state index is 0.141. The third-order valence-electron chi connectivity index (χ3n) is 3.33. The third kappa shape index (κ3) is 2.72. The fraction of sp³-hybridized carbons (Fsp3) is 0.400. The van der Waals surface area contributed by atoms with E-state index in [2.05, 4.69) is 0 Å². The van der Waals surface area contributed by atoms with E-state index in [1.54, 1.807) is 19.1 Å². The molecule has 4 nitrogen and oxygen atoms in total. The fourth-order valence-electron chi connectivity index (χ4n) is 2.39. The summed E-state index contributed by atoms with van der Waals surface area (Å²) in [4.78, 5) is 35.8. The van der Waals surface area contributed by atoms with Crippen LogP contribution in [-0.2, 0) is 20.7 Å². The molecule has 1 unspecified atom stereocenters. The topological polar surface area (TPSA) is 60.4 Å². The lowest BCUT2D eigenvalue weighted by molar-refractivity contribution is -0.154. The van der Waals surface area contributed by atoms with Crippen molar-refractivity contribution in [1.82, 2.24) is 0 Å². The van der Waals surface area contributed by atoms with Crippen LogP contribution in [0.2, 0.25) is 0 Å². The Balaban J connectivity index is 2.27. The molecule has 0 saturated heterocycles. The molecule has 0 spiro atoms. The van der Waals surface area contributed by atoms with Crippen LogP contribution in [0, 0.1) is 5.92 Å². The van der Waals surface area contributed by atoms with Crippen LogP contribution in [-0.4, -0.2) is 24.1 Å². The number of fused-ring (bicyclic) bond motifs is 1. The van der Waals surface area contributed by atoms with E-state index in [0.717, 1.165) is 18.4 Å². The highest BCUT2D eigenvalue weighted by atomic mass is 16.5. The number of ether oxygens (including phenoxy) is 1. The number of Topliss-reactive ketones (excluding diaryl/α,β-unsaturated/α-hetero) is 2. The summed E-state index contributed by atoms with van der Waals surface area (Å²) in [7, 11) is 0. The van der Waals surface area contributed by atoms with Gasteiger partial charge in [0.1, 0.15) is 0 Å². The van der Waals surface area contributed by atoms with Gasteiger partial charge in [-0.05, 0) is 31.7 Å². The molecule has 0 amide bonds. The van der Waals surface area contributed by atoms with Crippen LogP contribution in [0.25, 0.3) is 0 Å². The average Bonchev–Trinajstić information content (AvgIpc) is 2.58. The van der Waals surface area contributed by atoms with Gasteiger partial charge in [-0.25, -0.2) is 4.79 Å². The Hall–Kier alpha value is -1.97. The molecular weight excluding hydrogens is 244 g/mol. The summed E-state index contributed by atoms with van der Waals surface area (Å²) < 4.78 is 4.69. The second kappa shape index (κ2) is 5.78. The number of carbonyl (C=O) groups is 3. The zero-order valence-electron chi connectivity index (χ0n) is 10.8. The molecule has 4 heteroatoms. The van der Waals surface area contributed by atoms with E-state index >= 15 is 0 Å². The zero-order valence-corrected chi connectivity index (χ0v) is 10.8. The first-order valence-electron chi connectivity index (χ1n) is 6.48. The molecule has 0 radical (unpaired) electrons. The Morgan fingerprint density at radius 2 is 2.05 bits per heavy atom. The Bertz CT molecular complexity index is 519. The summed E-state index contributed by atoms with van der Waals surface area (Å²) in [5.74, 6) is -2.77. The number of hydrogen-bond acceptors (Lipinski definition) is 4. The minimum atomic E-state index is -0.903. The van der Waals surface area contributed by atoms with Gasteiger partial charge < -0.3 is 4.74 Å². The number of benzene rings is 1. The van der Waals surface area contributed by atoms with Crippen molar-refractivity contribution in [2.75, 3.05) is 6.61 Å². The number of aryl methyl sites for hydroxylation is 1. The maximum absolute atomic E-state index is 12.4. The van der Waals surface area contributed by atoms with Gasteiger partial charge in [0.2, 0.25) is 0 Å². The van der Waals surface area contributed by atoms with Crippen LogP contribution in [0.5, 0.6) is 0 Å². The minimum Gasteiger partial charge on any atom is -0.460 e. The van der Waals surface area contributed by atoms with Crippen LogP contribution in [0.3, 0.4) is 0 Å². The Kier molecular flexibility index (Phi) is 4.10. The molecule has 1 aliphatic rings. The lowest BCUT2D eigenvalue weighted by Crippen LogP contribution is -2.31. The molecule has 0 bridgehead atoms. The van der Waals surface area contributed by atoms with Gasteiger partial charge in [-0.3, -0.25) is 9.59 Å². The molecular formula is C15H16O4. The molecule has 19 heavy (non-hydrogen) atoms. The van der Waals surface area contributed by atoms with E-state index in [-0.39, 0.29) is 12.4 Å². The van der Waals surface area contributed by atoms with E-state index in [0.29, 0.717) is 12.0 Å². The van der Waals surface area contributed by atoms with E-state index in [9.17, 15) is 14.4 Å². The molecule has 0 fully saturated rings. The van der Waals surface area contributed by atoms with Gasteiger partial charge in [0, 0.05) is 5.56 Å². The number of esters is 1. The van der Waals surface area contributed by atoms with Crippen molar-refractivity contribution in [2.24, 2.45) is 5.92 Å². The molecule has 1 atom stereocenters. The van der Waals surface area contributed by atoms with E-state index in [4.69, 9.17) is 4.74 Å². The summed E-state index contributed by atoms with van der Waals surface area (Å²) in [5, 5.41) is 0. The van der Waals surface area contributed by atoms with Crippen LogP contribution in [0.15, 0.2) is 24.3 Å². The number of hydrogen-bond donors (Lipinski definition) is 0. The largest absolute Gasteiger partial charge is 0.460 e. The number of carbonyl (C=O) groups excluding carboxylic acids is 3. The molecule has 0 N–H and O–H groups in total. The molecule has 1 aromatic rings. The predicted molar refractivity (Wildman–Crippen MR) is 68.8 cm³/mol. The number of rotatable bonds is 3. The fourth-order valence-corrected chi connectivity index (χ4v) is 2.39. The maximum atomic E-state index is 12.4. The van der Waals surface area contributed by atoms with Crippen LogP contribution in [0.1, 0.15) is 35.7 Å². The van der Waals surface area contributed by atoms with Crippen molar-refractivity contribution in [3.05, 3.63) is 35.4 Å². The highest BCUT2D eigenvalue weighted by molar-refractivity contribution is 6.39. The van der Waals surface area contributed by atoms with Crippen molar-refractivity contribution in [1.29, 1.82) is 0 Å². The van der Waals surface area contributed by atoms with Crippen molar-refractivity contribution >= 4 is 17.5 Å². The van der Waals surface area contributed by atoms with Crippen LogP contribution in [0.4, 0.5) is 0 Å². The van der Waals surface area contributed by atoms with Gasteiger partial charge in [0.15, 0.2) is 5.78 Å². The predicted octanol–water partition coefficient (Wildman–Crippen LogP) is 1.95. The normalized spacial score (nSPS) is 18.4. The highest BCUT2D eigenvalue weighted by Gasteiger charge is 2.35. The van der Waals surface area contributed by atoms with Gasteiger partial charge in [-0.1, -0.05) is 24.3 Å². The van der Waals surface area contributed by atoms with E-state index in [1.165, 1.54) is 0 Å². The first-order valence-corrected chi connectivity index (χ1v) is 6.48. The highest BCUT2D eigenvalue weighted by Crippen LogP contribution is 2.25. The van der Waals surface area contributed by atoms with Gasteiger partial charge in [0.05, 0.1) is 12.5 Å². The van der Waals surface area contributed by atoms with E-state index in [1.807, 2.05) is 12.1 Å². The second-order valence-electron chi connectivity index (χ2n) is 4.55. The van der Waals surface area contributed by atoms with Crippen molar-refractivity contribution < 1.29 is 19.1 Å². The monoisotopic (exact) mass is 260 g/mol. The van der Waals surface area contributed by atoms with Crippen LogP contribution < -0.4 is 0 Å². The van der Waals surface area contributed by atoms with Crippen LogP contribution >= 0.6 is 0 Å². The molecule has 2 rings (SSSR count). The quantitative estimate of drug-likeness (QED) is 0.361. The Morgan fingerprint density at radius 3 is 2.79 bits per heavy atom. The Morgan fingerprint density at radius 1 is 1.32 bits per heavy atom. The first-order chi connectivity index (χ1) is 9.15. The lowest BCUT2D eigenvalue weighted by atomic mass is 9.91. The summed E-state index contributed by atoms with van der Waals surface area (Å²) >= 11 is 0. The summed E-state index contributed by atoms with van der Waals surface area (Å²) in [6.07, 6.45) is 1.89. The molecule has 1 aromatic carbocycles. The van der Waals surface area contributed by atoms with Crippen molar-refractivity contribution in [2.45, 2.75) is 26.2 Å². The summed E-state index contributed by atoms with van der Waals surface area (Å²) in [5.41, 5.74) is 1.51. The summed E-state index contributed by atoms with van der Waals surface area (Å²) in [6.45, 7) is 1.78. The smallest absolute Gasteiger partial charge is 0.375 e. The SMILES string of the molecule is CCOC(=O)C(=O)C1CCCc2ccccc2C1=O. The van der Waals surface area contributed by atoms with Crippen molar-refractivity contribution in [3.8, 4) is 0 Å². The van der Waals surface area contributed by atoms with Crippen molar-refractivity contribution in [3.63, 3.8) is 0 Å². The maximum Gasteiger partial charge on any atom is 0.375 e. The molecule has 1 aliphatic carbocycles. The standard InChI is InChI=1S/C15H16O4/c1-2-19-15(18)14(17)12-9-5-7-10-6-3-4-8-11(10)13(12)16/h3-4,6,8,12H,2,5,7,9H2,1H3. The molecule has 0 heterocycles. The molecule has 0 aliphatic heterocycles. The first kappa shape index (κ1) is 13.5. The average molecular weight is 260 g/mol. The molecule has 100 valence electrons. The van der Waals surface area contributed by atoms with Gasteiger partial charge in [-0.15, -0.1) is 0 Å². The summed E-state index contributed by atoms with van der Waals surface area (Å²) in [6, 6.07) is 7.26. The van der Waals surface area contributed by atoms with Gasteiger partial charge in [-0.2, -0.15) is 0 Å². The molecule has 0 saturated carbocycles.